The number of carbonyl (C=O) groups is 2. The lowest BCUT2D eigenvalue weighted by Crippen LogP contribution is -2.09. The molecule has 0 fully saturated rings. The van der Waals surface area contributed by atoms with Gasteiger partial charge in [0.15, 0.2) is 5.78 Å². The van der Waals surface area contributed by atoms with E-state index in [-0.39, 0.29) is 22.9 Å². The second-order valence-corrected chi connectivity index (χ2v) is 6.82. The van der Waals surface area contributed by atoms with Gasteiger partial charge in [0.2, 0.25) is 11.1 Å². The number of aromatic nitrogens is 4. The van der Waals surface area contributed by atoms with Crippen molar-refractivity contribution in [1.82, 2.24) is 20.2 Å². The van der Waals surface area contributed by atoms with Gasteiger partial charge in [0.1, 0.15) is 5.82 Å². The molecule has 10 heteroatoms. The Morgan fingerprint density at radius 3 is 2.63 bits per heavy atom. The summed E-state index contributed by atoms with van der Waals surface area (Å²) in [4.78, 5) is 23.4. The third-order valence-corrected chi connectivity index (χ3v) is 4.61. The predicted molar refractivity (Wildman–Crippen MR) is 99.9 cm³/mol. The quantitative estimate of drug-likeness (QED) is 0.499. The van der Waals surface area contributed by atoms with E-state index in [4.69, 9.17) is 11.6 Å². The van der Waals surface area contributed by atoms with Gasteiger partial charge in [0.05, 0.1) is 17.0 Å². The van der Waals surface area contributed by atoms with E-state index in [0.29, 0.717) is 15.9 Å². The van der Waals surface area contributed by atoms with Crippen molar-refractivity contribution in [3.8, 4) is 5.69 Å². The van der Waals surface area contributed by atoms with Crippen molar-refractivity contribution in [2.24, 2.45) is 0 Å². The van der Waals surface area contributed by atoms with Gasteiger partial charge in [-0.3, -0.25) is 9.59 Å². The highest BCUT2D eigenvalue weighted by Crippen LogP contribution is 2.22. The summed E-state index contributed by atoms with van der Waals surface area (Å²) in [5, 5.41) is 14.8. The van der Waals surface area contributed by atoms with Crippen LogP contribution in [-0.2, 0) is 4.79 Å². The van der Waals surface area contributed by atoms with E-state index in [9.17, 15) is 14.0 Å². The molecule has 0 radical (unpaired) electrons. The number of amides is 1. The lowest BCUT2D eigenvalue weighted by molar-refractivity contribution is -0.114. The second kappa shape index (κ2) is 8.28. The topological polar surface area (TPSA) is 89.8 Å². The normalized spacial score (nSPS) is 10.6. The van der Waals surface area contributed by atoms with E-state index in [0.717, 1.165) is 17.8 Å². The average Bonchev–Trinajstić information content (AvgIpc) is 3.08. The number of anilines is 1. The highest BCUT2D eigenvalue weighted by Gasteiger charge is 2.16. The largest absolute Gasteiger partial charge is 0.326 e. The summed E-state index contributed by atoms with van der Waals surface area (Å²) in [6.45, 7) is 1.32. The molecule has 138 valence electrons. The van der Waals surface area contributed by atoms with Gasteiger partial charge in [0.25, 0.3) is 0 Å². The van der Waals surface area contributed by atoms with Gasteiger partial charge in [-0.1, -0.05) is 23.4 Å². The molecule has 0 bridgehead atoms. The Balaban J connectivity index is 1.71. The van der Waals surface area contributed by atoms with Crippen molar-refractivity contribution in [2.45, 2.75) is 12.1 Å². The maximum absolute atomic E-state index is 14.2. The van der Waals surface area contributed by atoms with Crippen LogP contribution < -0.4 is 5.32 Å². The van der Waals surface area contributed by atoms with Crippen molar-refractivity contribution in [3.05, 3.63) is 58.9 Å². The molecule has 0 spiro atoms. The molecule has 0 saturated carbocycles. The number of Topliss-reactive ketones (excluding diaryl/α,β-unsaturated/α-hetero) is 1. The van der Waals surface area contributed by atoms with Gasteiger partial charge in [0, 0.05) is 17.6 Å². The smallest absolute Gasteiger partial charge is 0.221 e. The van der Waals surface area contributed by atoms with Crippen LogP contribution in [0, 0.1) is 5.82 Å². The summed E-state index contributed by atoms with van der Waals surface area (Å²) >= 11 is 6.95. The Morgan fingerprint density at radius 1 is 1.22 bits per heavy atom. The number of nitrogens with zero attached hydrogens (tertiary/aromatic N) is 4. The van der Waals surface area contributed by atoms with Crippen molar-refractivity contribution < 1.29 is 14.0 Å². The highest BCUT2D eigenvalue weighted by molar-refractivity contribution is 7.99. The third kappa shape index (κ3) is 4.69. The third-order valence-electron chi connectivity index (χ3n) is 3.43. The number of hydrogen-bond acceptors (Lipinski definition) is 6. The standard InChI is InChI=1S/C17H13ClFN5O2S/c1-10(25)20-12-4-7-14(15(19)8-12)16(26)9-27-17-21-22-23-24(17)13-5-2-11(18)3-6-13/h2-8H,9H2,1H3,(H,20,25). The van der Waals surface area contributed by atoms with Crippen LogP contribution in [0.3, 0.4) is 0 Å². The maximum Gasteiger partial charge on any atom is 0.221 e. The molecule has 1 heterocycles. The van der Waals surface area contributed by atoms with Crippen LogP contribution >= 0.6 is 23.4 Å². The fraction of sp³-hybridized carbons (Fsp3) is 0.118. The monoisotopic (exact) mass is 405 g/mol. The average molecular weight is 406 g/mol. The lowest BCUT2D eigenvalue weighted by atomic mass is 10.1. The molecule has 0 unspecified atom stereocenters. The van der Waals surface area contributed by atoms with E-state index in [1.165, 1.54) is 23.7 Å². The maximum atomic E-state index is 14.2. The first-order valence-corrected chi connectivity index (χ1v) is 9.08. The summed E-state index contributed by atoms with van der Waals surface area (Å²) in [6, 6.07) is 10.8. The summed E-state index contributed by atoms with van der Waals surface area (Å²) < 4.78 is 15.6. The molecule has 7 nitrogen and oxygen atoms in total. The van der Waals surface area contributed by atoms with Crippen molar-refractivity contribution in [3.63, 3.8) is 0 Å². The highest BCUT2D eigenvalue weighted by atomic mass is 35.5. The second-order valence-electron chi connectivity index (χ2n) is 5.44. The van der Waals surface area contributed by atoms with Crippen LogP contribution in [0.2, 0.25) is 5.02 Å². The van der Waals surface area contributed by atoms with E-state index >= 15 is 0 Å². The van der Waals surface area contributed by atoms with E-state index in [1.54, 1.807) is 24.3 Å². The number of nitrogens with one attached hydrogen (secondary N) is 1. The Morgan fingerprint density at radius 2 is 1.96 bits per heavy atom. The van der Waals surface area contributed by atoms with Gasteiger partial charge in [-0.2, -0.15) is 4.68 Å². The first kappa shape index (κ1) is 19.0. The van der Waals surface area contributed by atoms with Gasteiger partial charge in [-0.15, -0.1) is 5.10 Å². The van der Waals surface area contributed by atoms with Gasteiger partial charge in [-0.25, -0.2) is 4.39 Å². The fourth-order valence-electron chi connectivity index (χ4n) is 2.24. The molecular formula is C17H13ClFN5O2S. The number of rotatable bonds is 6. The SMILES string of the molecule is CC(=O)Nc1ccc(C(=O)CSc2nnnn2-c2ccc(Cl)cc2)c(F)c1. The summed E-state index contributed by atoms with van der Waals surface area (Å²) in [6.07, 6.45) is 0. The number of tetrazole rings is 1. The molecule has 1 amide bonds. The minimum Gasteiger partial charge on any atom is -0.326 e. The Hall–Kier alpha value is -2.78. The van der Waals surface area contributed by atoms with Crippen molar-refractivity contribution >= 4 is 40.7 Å². The molecule has 1 aromatic heterocycles. The lowest BCUT2D eigenvalue weighted by Gasteiger charge is -2.07. The summed E-state index contributed by atoms with van der Waals surface area (Å²) in [7, 11) is 0. The summed E-state index contributed by atoms with van der Waals surface area (Å²) in [5.74, 6) is -1.50. The number of thioether (sulfide) groups is 1. The van der Waals surface area contributed by atoms with E-state index in [2.05, 4.69) is 20.8 Å². The molecular weight excluding hydrogens is 393 g/mol. The molecule has 3 aromatic rings. The molecule has 0 aliphatic heterocycles. The van der Waals surface area contributed by atoms with E-state index in [1.807, 2.05) is 0 Å². The van der Waals surface area contributed by atoms with Gasteiger partial charge in [-0.05, 0) is 52.9 Å². The molecule has 0 aliphatic rings. The minimum atomic E-state index is -0.704. The van der Waals surface area contributed by atoms with Crippen LogP contribution in [0.25, 0.3) is 5.69 Å². The minimum absolute atomic E-state index is 0.0512. The number of halogens is 2. The molecule has 27 heavy (non-hydrogen) atoms. The van der Waals surface area contributed by atoms with Gasteiger partial charge < -0.3 is 5.32 Å². The molecule has 0 atom stereocenters. The number of carbonyl (C=O) groups excluding carboxylic acids is 2. The fourth-order valence-corrected chi connectivity index (χ4v) is 3.14. The zero-order chi connectivity index (χ0) is 19.4. The van der Waals surface area contributed by atoms with Crippen LogP contribution in [0.1, 0.15) is 17.3 Å². The van der Waals surface area contributed by atoms with Crippen LogP contribution in [0.4, 0.5) is 10.1 Å². The molecule has 0 aliphatic carbocycles. The summed E-state index contributed by atoms with van der Waals surface area (Å²) in [5.41, 5.74) is 0.906. The number of benzene rings is 2. The predicted octanol–water partition coefficient (Wildman–Crippen LogP) is 3.39. The number of hydrogen-bond donors (Lipinski definition) is 1. The van der Waals surface area contributed by atoms with Gasteiger partial charge >= 0.3 is 0 Å². The van der Waals surface area contributed by atoms with Crippen molar-refractivity contribution in [1.29, 1.82) is 0 Å². The molecule has 0 saturated heterocycles. The number of ketones is 1. The Bertz CT molecular complexity index is 993. The molecule has 2 aromatic carbocycles. The van der Waals surface area contributed by atoms with Crippen molar-refractivity contribution in [2.75, 3.05) is 11.1 Å². The van der Waals surface area contributed by atoms with E-state index < -0.39 is 11.6 Å². The Kier molecular flexibility index (Phi) is 5.82. The zero-order valence-electron chi connectivity index (χ0n) is 14.0. The van der Waals surface area contributed by atoms with Crippen LogP contribution in [0.5, 0.6) is 0 Å². The van der Waals surface area contributed by atoms with Crippen LogP contribution in [0.15, 0.2) is 47.6 Å². The molecule has 3 rings (SSSR count). The zero-order valence-corrected chi connectivity index (χ0v) is 15.6. The first-order valence-electron chi connectivity index (χ1n) is 7.71. The Labute approximate surface area is 162 Å². The van der Waals surface area contributed by atoms with Crippen LogP contribution in [-0.4, -0.2) is 37.7 Å². The first-order chi connectivity index (χ1) is 12.9. The molecule has 1 N–H and O–H groups in total.